The summed E-state index contributed by atoms with van der Waals surface area (Å²) in [5.41, 5.74) is 2.42. The molecule has 2 aromatic heterocycles. The number of hydrogen-bond donors (Lipinski definition) is 2. The first-order chi connectivity index (χ1) is 15.8. The highest BCUT2D eigenvalue weighted by atomic mass is 32.2. The fourth-order valence-electron chi connectivity index (χ4n) is 5.00. The molecule has 2 aliphatic rings. The van der Waals surface area contributed by atoms with Gasteiger partial charge in [-0.05, 0) is 43.7 Å². The van der Waals surface area contributed by atoms with Gasteiger partial charge in [-0.25, -0.2) is 13.5 Å². The van der Waals surface area contributed by atoms with Crippen molar-refractivity contribution < 1.29 is 13.2 Å². The Hall–Kier alpha value is -2.56. The SMILES string of the molecule is CS(=O)(=O)N1CCc2c(C(=O)N[C@H]3CC[C@H](c4n[nH]c(=O)c5ccccc54)CC3)csc2C1. The van der Waals surface area contributed by atoms with E-state index in [2.05, 4.69) is 15.5 Å². The van der Waals surface area contributed by atoms with Crippen LogP contribution in [0, 0.1) is 0 Å². The van der Waals surface area contributed by atoms with Gasteiger partial charge in [0.25, 0.3) is 11.5 Å². The number of benzene rings is 1. The summed E-state index contributed by atoms with van der Waals surface area (Å²) in [5, 5.41) is 13.6. The first-order valence-electron chi connectivity index (χ1n) is 11.1. The van der Waals surface area contributed by atoms with E-state index in [1.165, 1.54) is 21.9 Å². The van der Waals surface area contributed by atoms with Crippen LogP contribution >= 0.6 is 11.3 Å². The van der Waals surface area contributed by atoms with Crippen LogP contribution in [-0.2, 0) is 23.0 Å². The molecule has 0 radical (unpaired) electrons. The van der Waals surface area contributed by atoms with Crippen molar-refractivity contribution in [3.63, 3.8) is 0 Å². The Morgan fingerprint density at radius 1 is 1.18 bits per heavy atom. The Bertz CT molecular complexity index is 1370. The Morgan fingerprint density at radius 2 is 1.91 bits per heavy atom. The smallest absolute Gasteiger partial charge is 0.272 e. The third kappa shape index (κ3) is 4.34. The maximum atomic E-state index is 13.0. The van der Waals surface area contributed by atoms with Crippen molar-refractivity contribution in [2.75, 3.05) is 12.8 Å². The summed E-state index contributed by atoms with van der Waals surface area (Å²) in [4.78, 5) is 26.0. The number of H-pyrrole nitrogens is 1. The number of aromatic amines is 1. The summed E-state index contributed by atoms with van der Waals surface area (Å²) in [6, 6.07) is 7.65. The molecular weight excluding hydrogens is 460 g/mol. The number of amides is 1. The van der Waals surface area contributed by atoms with Crippen LogP contribution in [0.3, 0.4) is 0 Å². The van der Waals surface area contributed by atoms with E-state index < -0.39 is 10.0 Å². The summed E-state index contributed by atoms with van der Waals surface area (Å²) >= 11 is 1.46. The number of nitrogens with one attached hydrogen (secondary N) is 2. The van der Waals surface area contributed by atoms with E-state index in [0.717, 1.165) is 47.2 Å². The maximum absolute atomic E-state index is 13.0. The number of sulfonamides is 1. The van der Waals surface area contributed by atoms with Crippen molar-refractivity contribution in [3.05, 3.63) is 61.7 Å². The first-order valence-corrected chi connectivity index (χ1v) is 13.9. The Labute approximate surface area is 196 Å². The first kappa shape index (κ1) is 22.2. The van der Waals surface area contributed by atoms with Crippen LogP contribution in [0.1, 0.15) is 58.1 Å². The zero-order valence-electron chi connectivity index (χ0n) is 18.3. The van der Waals surface area contributed by atoms with Crippen molar-refractivity contribution in [1.29, 1.82) is 0 Å². The molecule has 1 amide bonds. The van der Waals surface area contributed by atoms with Crippen LogP contribution in [0.15, 0.2) is 34.4 Å². The number of carbonyl (C=O) groups is 1. The van der Waals surface area contributed by atoms with Gasteiger partial charge in [0.1, 0.15) is 0 Å². The van der Waals surface area contributed by atoms with Gasteiger partial charge in [-0.15, -0.1) is 11.3 Å². The third-order valence-electron chi connectivity index (χ3n) is 6.80. The van der Waals surface area contributed by atoms with Crippen LogP contribution < -0.4 is 10.9 Å². The Morgan fingerprint density at radius 3 is 2.64 bits per heavy atom. The van der Waals surface area contributed by atoms with Crippen molar-refractivity contribution in [3.8, 4) is 0 Å². The summed E-state index contributed by atoms with van der Waals surface area (Å²) in [6.07, 6.45) is 5.25. The predicted molar refractivity (Wildman–Crippen MR) is 128 cm³/mol. The average molecular weight is 487 g/mol. The standard InChI is InChI=1S/C23H26N4O4S2/c1-33(30,31)27-11-10-16-19(13-32-20(16)12-27)22(28)24-15-8-6-14(7-9-15)21-17-4-2-3-5-18(17)23(29)26-25-21/h2-5,13-15H,6-12H2,1H3,(H,24,28)(H,26,29)/t14-,15-. The van der Waals surface area contributed by atoms with E-state index in [1.807, 2.05) is 29.6 Å². The minimum atomic E-state index is -3.23. The van der Waals surface area contributed by atoms with Gasteiger partial charge < -0.3 is 5.32 Å². The summed E-state index contributed by atoms with van der Waals surface area (Å²) in [6.45, 7) is 0.755. The van der Waals surface area contributed by atoms with Crippen molar-refractivity contribution >= 4 is 38.0 Å². The van der Waals surface area contributed by atoms with Crippen LogP contribution in [-0.4, -0.2) is 47.7 Å². The molecule has 1 aliphatic carbocycles. The van der Waals surface area contributed by atoms with E-state index in [4.69, 9.17) is 0 Å². The van der Waals surface area contributed by atoms with E-state index in [-0.39, 0.29) is 23.4 Å². The highest BCUT2D eigenvalue weighted by Gasteiger charge is 2.30. The van der Waals surface area contributed by atoms with Crippen LogP contribution in [0.2, 0.25) is 0 Å². The Balaban J connectivity index is 1.24. The highest BCUT2D eigenvalue weighted by Crippen LogP contribution is 2.35. The second-order valence-electron chi connectivity index (χ2n) is 8.90. The Kier molecular flexibility index (Phi) is 5.84. The van der Waals surface area contributed by atoms with Gasteiger partial charge in [0.05, 0.1) is 22.9 Å². The van der Waals surface area contributed by atoms with Gasteiger partial charge in [-0.1, -0.05) is 18.2 Å². The fourth-order valence-corrected chi connectivity index (χ4v) is 6.96. The number of hydrogen-bond acceptors (Lipinski definition) is 6. The molecule has 33 heavy (non-hydrogen) atoms. The zero-order valence-corrected chi connectivity index (χ0v) is 20.0. The molecule has 8 nitrogen and oxygen atoms in total. The summed E-state index contributed by atoms with van der Waals surface area (Å²) < 4.78 is 25.2. The van der Waals surface area contributed by atoms with Gasteiger partial charge in [0, 0.05) is 40.7 Å². The lowest BCUT2D eigenvalue weighted by Crippen LogP contribution is -2.39. The number of aromatic nitrogens is 2. The molecule has 3 aromatic rings. The second kappa shape index (κ2) is 8.66. The largest absolute Gasteiger partial charge is 0.349 e. The summed E-state index contributed by atoms with van der Waals surface area (Å²) in [5.74, 6) is 0.173. The molecule has 0 saturated heterocycles. The van der Waals surface area contributed by atoms with Gasteiger partial charge in [-0.2, -0.15) is 9.40 Å². The monoisotopic (exact) mass is 486 g/mol. The zero-order chi connectivity index (χ0) is 23.2. The fraction of sp³-hybridized carbons (Fsp3) is 0.435. The molecule has 2 N–H and O–H groups in total. The van der Waals surface area contributed by atoms with Crippen LogP contribution in [0.25, 0.3) is 10.8 Å². The second-order valence-corrected chi connectivity index (χ2v) is 11.8. The molecule has 174 valence electrons. The molecule has 10 heteroatoms. The van der Waals surface area contributed by atoms with Gasteiger partial charge in [0.15, 0.2) is 0 Å². The number of rotatable bonds is 4. The molecule has 0 atom stereocenters. The topological polar surface area (TPSA) is 112 Å². The van der Waals surface area contributed by atoms with E-state index in [0.29, 0.717) is 30.5 Å². The van der Waals surface area contributed by atoms with Gasteiger partial charge >= 0.3 is 0 Å². The van der Waals surface area contributed by atoms with Gasteiger partial charge in [-0.3, -0.25) is 9.59 Å². The third-order valence-corrected chi connectivity index (χ3v) is 9.06. The minimum Gasteiger partial charge on any atom is -0.349 e. The average Bonchev–Trinajstić information content (AvgIpc) is 3.23. The van der Waals surface area contributed by atoms with Crippen molar-refractivity contribution in [2.24, 2.45) is 0 Å². The highest BCUT2D eigenvalue weighted by molar-refractivity contribution is 7.88. The van der Waals surface area contributed by atoms with Crippen LogP contribution in [0.4, 0.5) is 0 Å². The van der Waals surface area contributed by atoms with E-state index in [9.17, 15) is 18.0 Å². The van der Waals surface area contributed by atoms with Crippen molar-refractivity contribution in [1.82, 2.24) is 19.8 Å². The number of thiophene rings is 1. The van der Waals surface area contributed by atoms with Crippen molar-refractivity contribution in [2.45, 2.75) is 50.6 Å². The molecule has 1 saturated carbocycles. The van der Waals surface area contributed by atoms with E-state index in [1.54, 1.807) is 0 Å². The summed E-state index contributed by atoms with van der Waals surface area (Å²) in [7, 11) is -3.23. The molecule has 5 rings (SSSR count). The number of nitrogens with zero attached hydrogens (tertiary/aromatic N) is 2. The lowest BCUT2D eigenvalue weighted by Gasteiger charge is -2.29. The molecule has 1 fully saturated rings. The molecule has 0 bridgehead atoms. The number of carbonyl (C=O) groups excluding carboxylic acids is 1. The lowest BCUT2D eigenvalue weighted by atomic mass is 9.82. The van der Waals surface area contributed by atoms with Crippen LogP contribution in [0.5, 0.6) is 0 Å². The minimum absolute atomic E-state index is 0.0728. The van der Waals surface area contributed by atoms with Gasteiger partial charge in [0.2, 0.25) is 10.0 Å². The normalized spacial score (nSPS) is 21.6. The maximum Gasteiger partial charge on any atom is 0.272 e. The quantitative estimate of drug-likeness (QED) is 0.589. The molecule has 3 heterocycles. The number of fused-ring (bicyclic) bond motifs is 2. The molecule has 0 spiro atoms. The predicted octanol–water partition coefficient (Wildman–Crippen LogP) is 2.76. The molecule has 1 aromatic carbocycles. The lowest BCUT2D eigenvalue weighted by molar-refractivity contribution is 0.0925. The van der Waals surface area contributed by atoms with E-state index >= 15 is 0 Å². The molecule has 0 unspecified atom stereocenters. The molecule has 1 aliphatic heterocycles. The molecular formula is C23H26N4O4S2.